The number of thioether (sulfide) groups is 1. The summed E-state index contributed by atoms with van der Waals surface area (Å²) in [4.78, 5) is 39.5. The lowest BCUT2D eigenvalue weighted by Gasteiger charge is -2.30. The van der Waals surface area contributed by atoms with Crippen molar-refractivity contribution in [2.75, 3.05) is 43.2 Å². The van der Waals surface area contributed by atoms with Crippen molar-refractivity contribution >= 4 is 35.3 Å². The van der Waals surface area contributed by atoms with Crippen LogP contribution in [-0.2, 0) is 11.2 Å². The van der Waals surface area contributed by atoms with Crippen LogP contribution in [0.15, 0.2) is 66.0 Å². The predicted octanol–water partition coefficient (Wildman–Crippen LogP) is 7.64. The van der Waals surface area contributed by atoms with Crippen LogP contribution in [0.2, 0.25) is 0 Å². The van der Waals surface area contributed by atoms with E-state index in [2.05, 4.69) is 35.9 Å². The van der Waals surface area contributed by atoms with Crippen LogP contribution in [0.25, 0.3) is 0 Å². The number of unbranched alkanes of at least 4 members (excludes halogenated alkanes) is 1. The number of hydrogen-bond donors (Lipinski definition) is 0. The molecule has 1 aliphatic rings. The Kier molecular flexibility index (Phi) is 12.4. The second kappa shape index (κ2) is 15.8. The van der Waals surface area contributed by atoms with Crippen LogP contribution in [0.3, 0.4) is 0 Å². The Balaban J connectivity index is 0.000000250. The predicted molar refractivity (Wildman–Crippen MR) is 177 cm³/mol. The second-order valence-electron chi connectivity index (χ2n) is 11.7. The molecule has 0 spiro atoms. The van der Waals surface area contributed by atoms with E-state index >= 15 is 0 Å². The quantitative estimate of drug-likeness (QED) is 0.193. The number of aryl methyl sites for hydroxylation is 1. The first-order valence-electron chi connectivity index (χ1n) is 15.0. The van der Waals surface area contributed by atoms with E-state index in [1.807, 2.05) is 86.3 Å². The highest BCUT2D eigenvalue weighted by Crippen LogP contribution is 2.28. The van der Waals surface area contributed by atoms with Gasteiger partial charge in [-0.1, -0.05) is 74.5 Å². The molecule has 1 aromatic heterocycles. The van der Waals surface area contributed by atoms with Crippen molar-refractivity contribution in [3.05, 3.63) is 77.5 Å². The molecular weight excluding hydrogens is 558 g/mol. The van der Waals surface area contributed by atoms with Crippen LogP contribution in [0, 0.1) is 0 Å². The maximum Gasteiger partial charge on any atom is 0.410 e. The molecule has 2 heterocycles. The lowest BCUT2D eigenvalue weighted by molar-refractivity contribution is 0.0215. The van der Waals surface area contributed by atoms with Crippen LogP contribution in [0.1, 0.15) is 81.4 Å². The molecule has 0 N–H and O–H groups in total. The van der Waals surface area contributed by atoms with Crippen molar-refractivity contribution in [2.24, 2.45) is 0 Å². The first-order chi connectivity index (χ1) is 20.5. The average Bonchev–Trinajstić information content (AvgIpc) is 3.12. The highest BCUT2D eigenvalue weighted by Gasteiger charge is 2.28. The van der Waals surface area contributed by atoms with Gasteiger partial charge < -0.3 is 19.4 Å². The van der Waals surface area contributed by atoms with Crippen LogP contribution in [0.5, 0.6) is 0 Å². The molecule has 1 unspecified atom stereocenters. The first kappa shape index (κ1) is 33.9. The fraction of sp³-hybridized carbons (Fsp3) is 0.471. The number of carbonyl (C=O) groups is 2. The maximum absolute atomic E-state index is 13.1. The molecular formula is C34H47N5O3S. The Labute approximate surface area is 261 Å². The molecule has 0 fully saturated rings. The molecule has 4 rings (SSSR count). The van der Waals surface area contributed by atoms with Gasteiger partial charge in [0.25, 0.3) is 5.91 Å². The zero-order valence-electron chi connectivity index (χ0n) is 27.0. The average molecular weight is 606 g/mol. The molecule has 1 aliphatic heterocycles. The van der Waals surface area contributed by atoms with Gasteiger partial charge in [0.05, 0.1) is 6.04 Å². The highest BCUT2D eigenvalue weighted by molar-refractivity contribution is 7.98. The summed E-state index contributed by atoms with van der Waals surface area (Å²) in [6.45, 7) is 11.3. The monoisotopic (exact) mass is 605 g/mol. The minimum Gasteiger partial charge on any atom is -0.444 e. The number of carbonyl (C=O) groups excluding carboxylic acids is 2. The summed E-state index contributed by atoms with van der Waals surface area (Å²) < 4.78 is 5.39. The van der Waals surface area contributed by atoms with Gasteiger partial charge in [0.1, 0.15) is 17.0 Å². The molecule has 8 nitrogen and oxygen atoms in total. The van der Waals surface area contributed by atoms with Crippen LogP contribution in [-0.4, -0.2) is 65.9 Å². The molecule has 2 aromatic carbocycles. The van der Waals surface area contributed by atoms with E-state index in [1.54, 1.807) is 18.1 Å². The number of anilines is 2. The van der Waals surface area contributed by atoms with E-state index < -0.39 is 5.60 Å². The third-order valence-corrected chi connectivity index (χ3v) is 7.75. The summed E-state index contributed by atoms with van der Waals surface area (Å²) in [5.41, 5.74) is 3.47. The fourth-order valence-corrected chi connectivity index (χ4v) is 5.21. The van der Waals surface area contributed by atoms with E-state index in [0.29, 0.717) is 23.1 Å². The number of rotatable bonds is 8. The largest absolute Gasteiger partial charge is 0.444 e. The summed E-state index contributed by atoms with van der Waals surface area (Å²) >= 11 is 1.48. The van der Waals surface area contributed by atoms with Gasteiger partial charge in [-0.15, -0.1) is 0 Å². The topological polar surface area (TPSA) is 78.9 Å². The van der Waals surface area contributed by atoms with Gasteiger partial charge in [-0.05, 0) is 69.5 Å². The summed E-state index contributed by atoms with van der Waals surface area (Å²) in [5.74, 6) is 0.689. The number of likely N-dealkylation sites (N-methyl/N-ethyl adjacent to an activating group) is 1. The Bertz CT molecular complexity index is 1350. The lowest BCUT2D eigenvalue weighted by Crippen LogP contribution is -2.36. The number of fused-ring (bicyclic) bond motifs is 1. The Morgan fingerprint density at radius 3 is 2.44 bits per heavy atom. The Morgan fingerprint density at radius 1 is 1.09 bits per heavy atom. The first-order valence-corrected chi connectivity index (χ1v) is 16.2. The minimum absolute atomic E-state index is 0.0281. The van der Waals surface area contributed by atoms with Crippen molar-refractivity contribution in [1.29, 1.82) is 0 Å². The van der Waals surface area contributed by atoms with Crippen LogP contribution < -0.4 is 9.80 Å². The number of nitrogens with zero attached hydrogens (tertiary/aromatic N) is 5. The number of benzene rings is 2. The van der Waals surface area contributed by atoms with Crippen molar-refractivity contribution in [1.82, 2.24) is 14.9 Å². The third kappa shape index (κ3) is 9.45. The molecule has 9 heteroatoms. The molecule has 0 bridgehead atoms. The van der Waals surface area contributed by atoms with E-state index in [1.165, 1.54) is 23.7 Å². The summed E-state index contributed by atoms with van der Waals surface area (Å²) in [6.07, 6.45) is 7.55. The van der Waals surface area contributed by atoms with E-state index in [-0.39, 0.29) is 18.0 Å². The Morgan fingerprint density at radius 2 is 1.81 bits per heavy atom. The van der Waals surface area contributed by atoms with Gasteiger partial charge in [0.15, 0.2) is 5.16 Å². The van der Waals surface area contributed by atoms with Gasteiger partial charge >= 0.3 is 6.09 Å². The van der Waals surface area contributed by atoms with E-state index in [9.17, 15) is 9.59 Å². The molecule has 3 aromatic rings. The van der Waals surface area contributed by atoms with Crippen molar-refractivity contribution < 1.29 is 14.3 Å². The van der Waals surface area contributed by atoms with E-state index in [0.717, 1.165) is 37.1 Å². The van der Waals surface area contributed by atoms with Gasteiger partial charge in [0, 0.05) is 39.1 Å². The molecule has 0 saturated carbocycles. The number of aromatic nitrogens is 2. The fourth-order valence-electron chi connectivity index (χ4n) is 4.88. The van der Waals surface area contributed by atoms with Gasteiger partial charge in [-0.2, -0.15) is 0 Å². The molecule has 232 valence electrons. The molecule has 1 atom stereocenters. The van der Waals surface area contributed by atoms with Crippen LogP contribution in [0.4, 0.5) is 16.3 Å². The summed E-state index contributed by atoms with van der Waals surface area (Å²) in [7, 11) is 3.76. The number of hydrogen-bond acceptors (Lipinski definition) is 7. The second-order valence-corrected chi connectivity index (χ2v) is 12.4. The van der Waals surface area contributed by atoms with Gasteiger partial charge in [-0.3, -0.25) is 4.79 Å². The van der Waals surface area contributed by atoms with E-state index in [4.69, 9.17) is 4.74 Å². The number of amides is 2. The SMILES string of the molecule is CCC(c1ccccc1)N(C)C(=O)OC(C)(C)C.CCCCc1cccc(N2CCN(C)c3nc(SC)ncc3C2=O)c1. The zero-order chi connectivity index (χ0) is 31.6. The normalized spacial score (nSPS) is 13.8. The Hall–Kier alpha value is -3.59. The molecule has 0 saturated heterocycles. The highest BCUT2D eigenvalue weighted by atomic mass is 32.2. The summed E-state index contributed by atoms with van der Waals surface area (Å²) in [6, 6.07) is 18.4. The van der Waals surface area contributed by atoms with Gasteiger partial charge in [-0.25, -0.2) is 14.8 Å². The van der Waals surface area contributed by atoms with Crippen molar-refractivity contribution in [3.63, 3.8) is 0 Å². The smallest absolute Gasteiger partial charge is 0.410 e. The van der Waals surface area contributed by atoms with Gasteiger partial charge in [0.2, 0.25) is 0 Å². The van der Waals surface area contributed by atoms with Crippen LogP contribution >= 0.6 is 11.8 Å². The standard InChI is InChI=1S/C19H24N4OS.C15H23NO2/c1-4-5-7-14-8-6-9-15(12-14)23-11-10-22(2)17-16(18(23)24)13-20-19(21-17)25-3;1-6-13(12-10-8-7-9-11-12)16(5)14(17)18-15(2,3)4/h6,8-9,12-13H,4-5,7,10-11H2,1-3H3;7-11,13H,6H2,1-5H3. The minimum atomic E-state index is -0.458. The van der Waals surface area contributed by atoms with Crippen molar-refractivity contribution in [3.8, 4) is 0 Å². The number of ether oxygens (including phenoxy) is 1. The molecule has 0 radical (unpaired) electrons. The maximum atomic E-state index is 13.1. The lowest BCUT2D eigenvalue weighted by atomic mass is 10.0. The van der Waals surface area contributed by atoms with Crippen molar-refractivity contribution in [2.45, 2.75) is 77.1 Å². The molecule has 0 aliphatic carbocycles. The molecule has 43 heavy (non-hydrogen) atoms. The third-order valence-electron chi connectivity index (χ3n) is 7.19. The zero-order valence-corrected chi connectivity index (χ0v) is 27.8. The summed E-state index contributed by atoms with van der Waals surface area (Å²) in [5, 5.41) is 0.688. The molecule has 2 amide bonds.